The number of hydrogen-bond donors (Lipinski definition) is 1. The SMILES string of the molecule is COCCNc1cc(C#N)ncn1. The summed E-state index contributed by atoms with van der Waals surface area (Å²) in [6.07, 6.45) is 1.35. The molecule has 0 aliphatic rings. The summed E-state index contributed by atoms with van der Waals surface area (Å²) in [5, 5.41) is 11.5. The Labute approximate surface area is 76.4 Å². The lowest BCUT2D eigenvalue weighted by atomic mass is 10.4. The molecular formula is C8H10N4O. The molecule has 1 rings (SSSR count). The highest BCUT2D eigenvalue weighted by Gasteiger charge is 1.95. The molecule has 0 bridgehead atoms. The van der Waals surface area contributed by atoms with E-state index in [1.807, 2.05) is 6.07 Å². The average molecular weight is 178 g/mol. The minimum Gasteiger partial charge on any atom is -0.383 e. The fourth-order valence-electron chi connectivity index (χ4n) is 0.796. The van der Waals surface area contributed by atoms with E-state index in [0.29, 0.717) is 24.7 Å². The Hall–Kier alpha value is -1.67. The van der Waals surface area contributed by atoms with Crippen LogP contribution in [0.3, 0.4) is 0 Å². The van der Waals surface area contributed by atoms with Crippen molar-refractivity contribution in [2.24, 2.45) is 0 Å². The molecule has 0 aromatic carbocycles. The van der Waals surface area contributed by atoms with Crippen LogP contribution in [0, 0.1) is 11.3 Å². The maximum Gasteiger partial charge on any atom is 0.145 e. The summed E-state index contributed by atoms with van der Waals surface area (Å²) < 4.78 is 4.85. The van der Waals surface area contributed by atoms with E-state index in [0.717, 1.165) is 0 Å². The van der Waals surface area contributed by atoms with Crippen molar-refractivity contribution >= 4 is 5.82 Å². The van der Waals surface area contributed by atoms with Crippen molar-refractivity contribution in [2.45, 2.75) is 0 Å². The molecule has 68 valence electrons. The molecule has 0 spiro atoms. The van der Waals surface area contributed by atoms with Gasteiger partial charge in [-0.3, -0.25) is 0 Å². The summed E-state index contributed by atoms with van der Waals surface area (Å²) in [4.78, 5) is 7.67. The number of rotatable bonds is 4. The zero-order valence-corrected chi connectivity index (χ0v) is 7.32. The molecule has 0 aliphatic carbocycles. The number of ether oxygens (including phenoxy) is 1. The zero-order valence-electron chi connectivity index (χ0n) is 7.32. The Balaban J connectivity index is 2.52. The van der Waals surface area contributed by atoms with Crippen molar-refractivity contribution in [3.8, 4) is 6.07 Å². The number of nitrogens with one attached hydrogen (secondary N) is 1. The van der Waals surface area contributed by atoms with E-state index in [4.69, 9.17) is 10.00 Å². The van der Waals surface area contributed by atoms with Gasteiger partial charge in [0, 0.05) is 19.7 Å². The van der Waals surface area contributed by atoms with Crippen molar-refractivity contribution in [1.29, 1.82) is 5.26 Å². The van der Waals surface area contributed by atoms with Crippen LogP contribution in [0.2, 0.25) is 0 Å². The second-order valence-corrected chi connectivity index (χ2v) is 2.32. The maximum atomic E-state index is 8.54. The molecule has 13 heavy (non-hydrogen) atoms. The molecule has 0 saturated carbocycles. The molecule has 0 radical (unpaired) electrons. The van der Waals surface area contributed by atoms with Crippen molar-refractivity contribution in [3.63, 3.8) is 0 Å². The Kier molecular flexibility index (Phi) is 3.67. The summed E-state index contributed by atoms with van der Waals surface area (Å²) in [7, 11) is 1.63. The third kappa shape index (κ3) is 3.05. The topological polar surface area (TPSA) is 70.8 Å². The summed E-state index contributed by atoms with van der Waals surface area (Å²) in [6.45, 7) is 1.27. The first-order valence-corrected chi connectivity index (χ1v) is 3.82. The van der Waals surface area contributed by atoms with Gasteiger partial charge in [0.2, 0.25) is 0 Å². The predicted molar refractivity (Wildman–Crippen MR) is 47.1 cm³/mol. The minimum absolute atomic E-state index is 0.356. The molecule has 0 unspecified atom stereocenters. The largest absolute Gasteiger partial charge is 0.383 e. The molecule has 1 aromatic rings. The van der Waals surface area contributed by atoms with Gasteiger partial charge in [-0.15, -0.1) is 0 Å². The number of hydrogen-bond acceptors (Lipinski definition) is 5. The highest BCUT2D eigenvalue weighted by Crippen LogP contribution is 2.01. The summed E-state index contributed by atoms with van der Waals surface area (Å²) in [6, 6.07) is 3.53. The highest BCUT2D eigenvalue weighted by molar-refractivity contribution is 5.38. The second kappa shape index (κ2) is 5.06. The van der Waals surface area contributed by atoms with E-state index in [1.165, 1.54) is 6.33 Å². The van der Waals surface area contributed by atoms with Crippen LogP contribution in [0.1, 0.15) is 5.69 Å². The molecule has 5 heteroatoms. The smallest absolute Gasteiger partial charge is 0.145 e. The molecular weight excluding hydrogens is 168 g/mol. The summed E-state index contributed by atoms with van der Waals surface area (Å²) in [5.74, 6) is 0.642. The van der Waals surface area contributed by atoms with Gasteiger partial charge in [-0.05, 0) is 0 Å². The van der Waals surface area contributed by atoms with Crippen molar-refractivity contribution in [2.75, 3.05) is 25.6 Å². The number of anilines is 1. The van der Waals surface area contributed by atoms with Crippen LogP contribution in [-0.2, 0) is 4.74 Å². The highest BCUT2D eigenvalue weighted by atomic mass is 16.5. The Bertz CT molecular complexity index is 307. The molecule has 0 aliphatic heterocycles. The van der Waals surface area contributed by atoms with Gasteiger partial charge in [-0.25, -0.2) is 9.97 Å². The van der Waals surface area contributed by atoms with E-state index in [-0.39, 0.29) is 0 Å². The monoisotopic (exact) mass is 178 g/mol. The van der Waals surface area contributed by atoms with Crippen molar-refractivity contribution in [1.82, 2.24) is 9.97 Å². The van der Waals surface area contributed by atoms with E-state index in [9.17, 15) is 0 Å². The predicted octanol–water partition coefficient (Wildman–Crippen LogP) is 0.407. The molecule has 0 saturated heterocycles. The lowest BCUT2D eigenvalue weighted by molar-refractivity contribution is 0.210. The van der Waals surface area contributed by atoms with Crippen molar-refractivity contribution in [3.05, 3.63) is 18.1 Å². The van der Waals surface area contributed by atoms with Crippen LogP contribution in [0.25, 0.3) is 0 Å². The first kappa shape index (κ1) is 9.42. The Morgan fingerprint density at radius 3 is 3.15 bits per heavy atom. The number of nitriles is 1. The lowest BCUT2D eigenvalue weighted by Crippen LogP contribution is -2.09. The standard InChI is InChI=1S/C8H10N4O/c1-13-3-2-10-8-4-7(5-9)11-6-12-8/h4,6H,2-3H2,1H3,(H,10,11,12). The average Bonchev–Trinajstić information content (AvgIpc) is 2.19. The fraction of sp³-hybridized carbons (Fsp3) is 0.375. The minimum atomic E-state index is 0.356. The lowest BCUT2D eigenvalue weighted by Gasteiger charge is -2.03. The van der Waals surface area contributed by atoms with Crippen LogP contribution in [0.4, 0.5) is 5.82 Å². The third-order valence-electron chi connectivity index (χ3n) is 1.39. The van der Waals surface area contributed by atoms with Gasteiger partial charge in [0.25, 0.3) is 0 Å². The van der Waals surface area contributed by atoms with E-state index in [2.05, 4.69) is 15.3 Å². The van der Waals surface area contributed by atoms with Gasteiger partial charge in [0.1, 0.15) is 23.9 Å². The number of methoxy groups -OCH3 is 1. The molecule has 5 nitrogen and oxygen atoms in total. The number of aromatic nitrogens is 2. The quantitative estimate of drug-likeness (QED) is 0.676. The van der Waals surface area contributed by atoms with Gasteiger partial charge in [0.15, 0.2) is 0 Å². The van der Waals surface area contributed by atoms with Gasteiger partial charge in [-0.2, -0.15) is 5.26 Å². The number of nitrogens with zero attached hydrogens (tertiary/aromatic N) is 3. The Morgan fingerprint density at radius 1 is 1.62 bits per heavy atom. The van der Waals surface area contributed by atoms with E-state index >= 15 is 0 Å². The first-order chi connectivity index (χ1) is 6.36. The van der Waals surface area contributed by atoms with Gasteiger partial charge in [0.05, 0.1) is 6.61 Å². The van der Waals surface area contributed by atoms with Gasteiger partial charge in [-0.1, -0.05) is 0 Å². The molecule has 0 fully saturated rings. The fourth-order valence-corrected chi connectivity index (χ4v) is 0.796. The normalized spacial score (nSPS) is 9.23. The summed E-state index contributed by atoms with van der Waals surface area (Å²) >= 11 is 0. The van der Waals surface area contributed by atoms with Gasteiger partial charge >= 0.3 is 0 Å². The van der Waals surface area contributed by atoms with Crippen molar-refractivity contribution < 1.29 is 4.74 Å². The third-order valence-corrected chi connectivity index (χ3v) is 1.39. The van der Waals surface area contributed by atoms with Crippen LogP contribution in [-0.4, -0.2) is 30.2 Å². The van der Waals surface area contributed by atoms with E-state index < -0.39 is 0 Å². The van der Waals surface area contributed by atoms with Crippen LogP contribution >= 0.6 is 0 Å². The molecule has 0 atom stereocenters. The van der Waals surface area contributed by atoms with Gasteiger partial charge < -0.3 is 10.1 Å². The Morgan fingerprint density at radius 2 is 2.46 bits per heavy atom. The maximum absolute atomic E-state index is 8.54. The first-order valence-electron chi connectivity index (χ1n) is 3.82. The van der Waals surface area contributed by atoms with E-state index in [1.54, 1.807) is 13.2 Å². The van der Waals surface area contributed by atoms with Crippen LogP contribution in [0.15, 0.2) is 12.4 Å². The molecule has 0 amide bonds. The molecule has 1 heterocycles. The molecule has 1 aromatic heterocycles. The van der Waals surface area contributed by atoms with Crippen LogP contribution < -0.4 is 5.32 Å². The molecule has 1 N–H and O–H groups in total. The zero-order chi connectivity index (χ0) is 9.52. The second-order valence-electron chi connectivity index (χ2n) is 2.32. The summed E-state index contributed by atoms with van der Waals surface area (Å²) in [5.41, 5.74) is 0.356. The van der Waals surface area contributed by atoms with Crippen LogP contribution in [0.5, 0.6) is 0 Å².